The normalized spacial score (nSPS) is 11.3. The zero-order valence-electron chi connectivity index (χ0n) is 9.48. The molecular weight excluding hydrogens is 317 g/mol. The summed E-state index contributed by atoms with van der Waals surface area (Å²) in [6, 6.07) is 0. The van der Waals surface area contributed by atoms with Gasteiger partial charge in [0.2, 0.25) is 0 Å². The Balaban J connectivity index is 2.57. The Morgan fingerprint density at radius 2 is 2.12 bits per heavy atom. The molecule has 0 unspecified atom stereocenters. The van der Waals surface area contributed by atoms with Crippen LogP contribution in [0.1, 0.15) is 25.5 Å². The van der Waals surface area contributed by atoms with Crippen molar-refractivity contribution in [2.45, 2.75) is 19.8 Å². The Hall–Kier alpha value is -1.05. The van der Waals surface area contributed by atoms with Gasteiger partial charge >= 0.3 is 0 Å². The van der Waals surface area contributed by atoms with Crippen molar-refractivity contribution in [3.63, 3.8) is 0 Å². The van der Waals surface area contributed by atoms with E-state index >= 15 is 0 Å². The SMILES string of the molecule is CC(C)c1nn(C)c(-n2cc(I)cn2)c1N. The average molecular weight is 331 g/mol. The van der Waals surface area contributed by atoms with Crippen LogP contribution < -0.4 is 5.73 Å². The molecule has 0 spiro atoms. The number of anilines is 1. The van der Waals surface area contributed by atoms with Gasteiger partial charge in [-0.3, -0.25) is 0 Å². The fourth-order valence-corrected chi connectivity index (χ4v) is 2.05. The summed E-state index contributed by atoms with van der Waals surface area (Å²) in [6.07, 6.45) is 3.72. The lowest BCUT2D eigenvalue weighted by Gasteiger charge is -2.03. The van der Waals surface area contributed by atoms with Crippen molar-refractivity contribution in [1.82, 2.24) is 19.6 Å². The summed E-state index contributed by atoms with van der Waals surface area (Å²) < 4.78 is 4.60. The van der Waals surface area contributed by atoms with Gasteiger partial charge in [-0.1, -0.05) is 13.8 Å². The maximum atomic E-state index is 6.10. The predicted molar refractivity (Wildman–Crippen MR) is 71.5 cm³/mol. The fourth-order valence-electron chi connectivity index (χ4n) is 1.67. The highest BCUT2D eigenvalue weighted by Crippen LogP contribution is 2.26. The lowest BCUT2D eigenvalue weighted by Crippen LogP contribution is -2.05. The molecule has 2 heterocycles. The van der Waals surface area contributed by atoms with Gasteiger partial charge in [0.1, 0.15) is 5.69 Å². The van der Waals surface area contributed by atoms with E-state index in [2.05, 4.69) is 46.6 Å². The molecule has 0 fully saturated rings. The Kier molecular flexibility index (Phi) is 2.92. The van der Waals surface area contributed by atoms with Crippen LogP contribution in [0.3, 0.4) is 0 Å². The van der Waals surface area contributed by atoms with Crippen LogP contribution in [0.25, 0.3) is 5.82 Å². The summed E-state index contributed by atoms with van der Waals surface area (Å²) in [7, 11) is 1.88. The molecule has 0 saturated heterocycles. The quantitative estimate of drug-likeness (QED) is 0.855. The molecule has 0 bridgehead atoms. The van der Waals surface area contributed by atoms with Crippen LogP contribution in [0.5, 0.6) is 0 Å². The van der Waals surface area contributed by atoms with Crippen molar-refractivity contribution in [3.8, 4) is 5.82 Å². The van der Waals surface area contributed by atoms with Gasteiger partial charge in [0.15, 0.2) is 5.82 Å². The number of rotatable bonds is 2. The average Bonchev–Trinajstić information content (AvgIpc) is 2.71. The van der Waals surface area contributed by atoms with Crippen LogP contribution in [0.2, 0.25) is 0 Å². The van der Waals surface area contributed by atoms with E-state index in [-0.39, 0.29) is 0 Å². The maximum absolute atomic E-state index is 6.10. The zero-order chi connectivity index (χ0) is 11.9. The lowest BCUT2D eigenvalue weighted by atomic mass is 10.1. The van der Waals surface area contributed by atoms with Gasteiger partial charge in [0.05, 0.1) is 15.5 Å². The van der Waals surface area contributed by atoms with Crippen LogP contribution in [0.15, 0.2) is 12.4 Å². The second kappa shape index (κ2) is 4.08. The molecule has 0 amide bonds. The lowest BCUT2D eigenvalue weighted by molar-refractivity contribution is 0.676. The number of nitrogens with zero attached hydrogens (tertiary/aromatic N) is 4. The van der Waals surface area contributed by atoms with Crippen LogP contribution in [0, 0.1) is 3.57 Å². The predicted octanol–water partition coefficient (Wildman–Crippen LogP) is 1.92. The van der Waals surface area contributed by atoms with E-state index in [9.17, 15) is 0 Å². The Morgan fingerprint density at radius 1 is 1.44 bits per heavy atom. The number of aromatic nitrogens is 4. The van der Waals surface area contributed by atoms with Gasteiger partial charge in [-0.05, 0) is 28.5 Å². The van der Waals surface area contributed by atoms with Crippen molar-refractivity contribution in [1.29, 1.82) is 0 Å². The van der Waals surface area contributed by atoms with Crippen LogP contribution >= 0.6 is 22.6 Å². The van der Waals surface area contributed by atoms with Gasteiger partial charge in [0, 0.05) is 13.2 Å². The summed E-state index contributed by atoms with van der Waals surface area (Å²) in [5, 5.41) is 8.67. The van der Waals surface area contributed by atoms with Crippen LogP contribution in [-0.4, -0.2) is 19.6 Å². The topological polar surface area (TPSA) is 61.7 Å². The first-order valence-corrected chi connectivity index (χ1v) is 6.11. The summed E-state index contributed by atoms with van der Waals surface area (Å²) in [5.41, 5.74) is 7.72. The van der Waals surface area contributed by atoms with E-state index in [1.807, 2.05) is 13.2 Å². The monoisotopic (exact) mass is 331 g/mol. The Morgan fingerprint density at radius 3 is 2.56 bits per heavy atom. The molecule has 5 nitrogen and oxygen atoms in total. The molecular formula is C10H14IN5. The van der Waals surface area contributed by atoms with Crippen molar-refractivity contribution in [2.24, 2.45) is 7.05 Å². The highest BCUT2D eigenvalue weighted by atomic mass is 127. The summed E-state index contributed by atoms with van der Waals surface area (Å²) in [4.78, 5) is 0. The minimum Gasteiger partial charge on any atom is -0.394 e. The third-order valence-electron chi connectivity index (χ3n) is 2.40. The minimum absolute atomic E-state index is 0.314. The fraction of sp³-hybridized carbons (Fsp3) is 0.400. The number of nitrogens with two attached hydrogens (primary N) is 1. The Labute approximate surface area is 108 Å². The molecule has 2 aromatic rings. The van der Waals surface area contributed by atoms with E-state index in [0.717, 1.165) is 15.1 Å². The molecule has 0 radical (unpaired) electrons. The van der Waals surface area contributed by atoms with Crippen molar-refractivity contribution in [2.75, 3.05) is 5.73 Å². The summed E-state index contributed by atoms with van der Waals surface area (Å²) in [5.74, 6) is 1.14. The molecule has 86 valence electrons. The zero-order valence-corrected chi connectivity index (χ0v) is 11.6. The number of nitrogen functional groups attached to an aromatic ring is 1. The molecule has 2 aromatic heterocycles. The van der Waals surface area contributed by atoms with E-state index in [1.165, 1.54) is 0 Å². The molecule has 0 aliphatic rings. The highest BCUT2D eigenvalue weighted by Gasteiger charge is 2.17. The van der Waals surface area contributed by atoms with Crippen LogP contribution in [-0.2, 0) is 7.05 Å². The summed E-state index contributed by atoms with van der Waals surface area (Å²) >= 11 is 2.22. The first kappa shape index (κ1) is 11.4. The second-order valence-corrected chi connectivity index (χ2v) is 5.25. The molecule has 2 N–H and O–H groups in total. The molecule has 6 heteroatoms. The Bertz CT molecular complexity index is 511. The highest BCUT2D eigenvalue weighted by molar-refractivity contribution is 14.1. The molecule has 0 atom stereocenters. The molecule has 16 heavy (non-hydrogen) atoms. The maximum Gasteiger partial charge on any atom is 0.175 e. The number of aryl methyl sites for hydroxylation is 1. The van der Waals surface area contributed by atoms with Crippen LogP contribution in [0.4, 0.5) is 5.69 Å². The molecule has 0 aromatic carbocycles. The van der Waals surface area contributed by atoms with Gasteiger partial charge in [0.25, 0.3) is 0 Å². The van der Waals surface area contributed by atoms with Gasteiger partial charge in [-0.25, -0.2) is 9.36 Å². The smallest absolute Gasteiger partial charge is 0.175 e. The van der Waals surface area contributed by atoms with Gasteiger partial charge in [-0.15, -0.1) is 0 Å². The van der Waals surface area contributed by atoms with Crippen molar-refractivity contribution >= 4 is 28.3 Å². The number of halogens is 1. The molecule has 0 aliphatic carbocycles. The first-order chi connectivity index (χ1) is 7.50. The van der Waals surface area contributed by atoms with Crippen molar-refractivity contribution < 1.29 is 0 Å². The van der Waals surface area contributed by atoms with E-state index < -0.39 is 0 Å². The van der Waals surface area contributed by atoms with Crippen molar-refractivity contribution in [3.05, 3.63) is 21.7 Å². The largest absolute Gasteiger partial charge is 0.394 e. The van der Waals surface area contributed by atoms with E-state index in [1.54, 1.807) is 15.6 Å². The molecule has 2 rings (SSSR count). The van der Waals surface area contributed by atoms with E-state index in [4.69, 9.17) is 5.73 Å². The minimum atomic E-state index is 0.314. The number of hydrogen-bond acceptors (Lipinski definition) is 3. The number of hydrogen-bond donors (Lipinski definition) is 1. The third-order valence-corrected chi connectivity index (χ3v) is 2.95. The summed E-state index contributed by atoms with van der Waals surface area (Å²) in [6.45, 7) is 4.16. The third kappa shape index (κ3) is 1.81. The van der Waals surface area contributed by atoms with Gasteiger partial charge in [-0.2, -0.15) is 10.2 Å². The molecule has 0 saturated carbocycles. The molecule has 0 aliphatic heterocycles. The first-order valence-electron chi connectivity index (χ1n) is 5.03. The standard InChI is InChI=1S/C10H14IN5/c1-6(2)9-8(12)10(15(3)14-9)16-5-7(11)4-13-16/h4-6H,12H2,1-3H3. The van der Waals surface area contributed by atoms with E-state index in [0.29, 0.717) is 11.6 Å². The van der Waals surface area contributed by atoms with Gasteiger partial charge < -0.3 is 5.73 Å². The second-order valence-electron chi connectivity index (χ2n) is 4.00.